The lowest BCUT2D eigenvalue weighted by Crippen LogP contribution is -2.14. The first-order valence-electron chi connectivity index (χ1n) is 6.54. The lowest BCUT2D eigenvalue weighted by molar-refractivity contribution is 0.102. The summed E-state index contributed by atoms with van der Waals surface area (Å²) in [6.45, 7) is 1.91. The SMILES string of the molecule is Cc1ccc2cccc(NC(=O)c3cccc(N)n3)c2n1. The van der Waals surface area contributed by atoms with Gasteiger partial charge in [-0.2, -0.15) is 0 Å². The van der Waals surface area contributed by atoms with E-state index in [0.29, 0.717) is 11.5 Å². The molecular formula is C16H14N4O. The van der Waals surface area contributed by atoms with Crippen LogP contribution >= 0.6 is 0 Å². The average Bonchev–Trinajstić information content (AvgIpc) is 2.48. The minimum absolute atomic E-state index is 0.277. The molecule has 0 radical (unpaired) electrons. The predicted molar refractivity (Wildman–Crippen MR) is 83.1 cm³/mol. The first-order valence-corrected chi connectivity index (χ1v) is 6.54. The Morgan fingerprint density at radius 3 is 2.67 bits per heavy atom. The summed E-state index contributed by atoms with van der Waals surface area (Å²) < 4.78 is 0. The first-order chi connectivity index (χ1) is 10.1. The molecule has 0 bridgehead atoms. The molecule has 0 atom stereocenters. The lowest BCUT2D eigenvalue weighted by Gasteiger charge is -2.08. The smallest absolute Gasteiger partial charge is 0.274 e. The molecule has 0 aliphatic rings. The normalized spacial score (nSPS) is 10.5. The quantitative estimate of drug-likeness (QED) is 0.755. The van der Waals surface area contributed by atoms with Gasteiger partial charge in [0.25, 0.3) is 5.91 Å². The fourth-order valence-electron chi connectivity index (χ4n) is 2.11. The van der Waals surface area contributed by atoms with Gasteiger partial charge in [0.2, 0.25) is 0 Å². The molecule has 5 heteroatoms. The van der Waals surface area contributed by atoms with Gasteiger partial charge in [-0.3, -0.25) is 9.78 Å². The van der Waals surface area contributed by atoms with Crippen LogP contribution in [0.25, 0.3) is 10.9 Å². The zero-order valence-electron chi connectivity index (χ0n) is 11.5. The number of benzene rings is 1. The van der Waals surface area contributed by atoms with Crippen molar-refractivity contribution >= 4 is 28.3 Å². The van der Waals surface area contributed by atoms with Gasteiger partial charge in [-0.25, -0.2) is 4.98 Å². The second kappa shape index (κ2) is 5.20. The number of nitrogens with zero attached hydrogens (tertiary/aromatic N) is 2. The van der Waals surface area contributed by atoms with Crippen molar-refractivity contribution in [2.24, 2.45) is 0 Å². The fourth-order valence-corrected chi connectivity index (χ4v) is 2.11. The van der Waals surface area contributed by atoms with Crippen LogP contribution < -0.4 is 11.1 Å². The van der Waals surface area contributed by atoms with Crippen LogP contribution in [-0.2, 0) is 0 Å². The van der Waals surface area contributed by atoms with Crippen molar-refractivity contribution in [1.29, 1.82) is 0 Å². The lowest BCUT2D eigenvalue weighted by atomic mass is 10.1. The van der Waals surface area contributed by atoms with E-state index in [2.05, 4.69) is 15.3 Å². The van der Waals surface area contributed by atoms with Crippen LogP contribution in [0, 0.1) is 6.92 Å². The molecule has 0 aliphatic heterocycles. The maximum Gasteiger partial charge on any atom is 0.274 e. The molecule has 0 fully saturated rings. The Hall–Kier alpha value is -2.95. The van der Waals surface area contributed by atoms with Gasteiger partial charge in [-0.05, 0) is 31.2 Å². The van der Waals surface area contributed by atoms with E-state index in [0.717, 1.165) is 16.6 Å². The number of carbonyl (C=O) groups is 1. The number of aryl methyl sites for hydroxylation is 1. The minimum atomic E-state index is -0.307. The summed E-state index contributed by atoms with van der Waals surface area (Å²) in [4.78, 5) is 20.7. The molecule has 1 aromatic carbocycles. The number of rotatable bonds is 2. The highest BCUT2D eigenvalue weighted by Gasteiger charge is 2.10. The van der Waals surface area contributed by atoms with E-state index in [1.54, 1.807) is 18.2 Å². The molecule has 5 nitrogen and oxygen atoms in total. The van der Waals surface area contributed by atoms with Crippen molar-refractivity contribution in [1.82, 2.24) is 9.97 Å². The number of amides is 1. The number of anilines is 2. The van der Waals surface area contributed by atoms with Gasteiger partial charge in [0.05, 0.1) is 11.2 Å². The maximum atomic E-state index is 12.2. The second-order valence-corrected chi connectivity index (χ2v) is 4.73. The molecule has 21 heavy (non-hydrogen) atoms. The van der Waals surface area contributed by atoms with Crippen LogP contribution in [0.2, 0.25) is 0 Å². The summed E-state index contributed by atoms with van der Waals surface area (Å²) in [6, 6.07) is 14.5. The molecule has 1 amide bonds. The van der Waals surface area contributed by atoms with E-state index in [4.69, 9.17) is 5.73 Å². The van der Waals surface area contributed by atoms with Crippen molar-refractivity contribution in [2.75, 3.05) is 11.1 Å². The summed E-state index contributed by atoms with van der Waals surface area (Å²) in [5.41, 5.74) is 8.19. The van der Waals surface area contributed by atoms with E-state index in [1.807, 2.05) is 37.3 Å². The highest BCUT2D eigenvalue weighted by Crippen LogP contribution is 2.22. The number of nitrogens with two attached hydrogens (primary N) is 1. The zero-order valence-corrected chi connectivity index (χ0v) is 11.5. The standard InChI is InChI=1S/C16H14N4O/c1-10-8-9-11-4-2-5-12(15(11)18-10)20-16(21)13-6-3-7-14(17)19-13/h2-9H,1H3,(H2,17,19)(H,20,21). The van der Waals surface area contributed by atoms with Gasteiger partial charge >= 0.3 is 0 Å². The van der Waals surface area contributed by atoms with Gasteiger partial charge in [0.1, 0.15) is 11.5 Å². The second-order valence-electron chi connectivity index (χ2n) is 4.73. The van der Waals surface area contributed by atoms with Crippen molar-refractivity contribution in [3.8, 4) is 0 Å². The Morgan fingerprint density at radius 2 is 1.86 bits per heavy atom. The Bertz CT molecular complexity index is 829. The maximum absolute atomic E-state index is 12.2. The number of pyridine rings is 2. The van der Waals surface area contributed by atoms with Crippen LogP contribution in [0.5, 0.6) is 0 Å². The molecule has 0 unspecified atom stereocenters. The van der Waals surface area contributed by atoms with Crippen LogP contribution in [0.15, 0.2) is 48.5 Å². The topological polar surface area (TPSA) is 80.9 Å². The third-order valence-corrected chi connectivity index (χ3v) is 3.11. The third kappa shape index (κ3) is 2.67. The molecule has 3 aromatic rings. The number of carbonyl (C=O) groups excluding carboxylic acids is 1. The molecule has 3 rings (SSSR count). The number of aromatic nitrogens is 2. The number of fused-ring (bicyclic) bond motifs is 1. The fraction of sp³-hybridized carbons (Fsp3) is 0.0625. The molecule has 0 spiro atoms. The van der Waals surface area contributed by atoms with Crippen LogP contribution in [0.4, 0.5) is 11.5 Å². The molecule has 104 valence electrons. The van der Waals surface area contributed by atoms with Gasteiger partial charge in [0.15, 0.2) is 0 Å². The number of para-hydroxylation sites is 1. The van der Waals surface area contributed by atoms with Gasteiger partial charge < -0.3 is 11.1 Å². The zero-order chi connectivity index (χ0) is 14.8. The molecule has 2 aromatic heterocycles. The molecule has 3 N–H and O–H groups in total. The monoisotopic (exact) mass is 278 g/mol. The van der Waals surface area contributed by atoms with E-state index >= 15 is 0 Å². The van der Waals surface area contributed by atoms with Crippen LogP contribution in [0.3, 0.4) is 0 Å². The Labute approximate surface area is 121 Å². The van der Waals surface area contributed by atoms with Gasteiger partial charge in [-0.1, -0.05) is 24.3 Å². The van der Waals surface area contributed by atoms with E-state index in [1.165, 1.54) is 0 Å². The largest absolute Gasteiger partial charge is 0.384 e. The summed E-state index contributed by atoms with van der Waals surface area (Å²) in [5.74, 6) is 0.00708. The van der Waals surface area contributed by atoms with Crippen molar-refractivity contribution in [3.05, 3.63) is 59.9 Å². The highest BCUT2D eigenvalue weighted by atomic mass is 16.1. The molecule has 0 saturated carbocycles. The van der Waals surface area contributed by atoms with E-state index in [-0.39, 0.29) is 11.6 Å². The first kappa shape index (κ1) is 13.1. The van der Waals surface area contributed by atoms with Gasteiger partial charge in [-0.15, -0.1) is 0 Å². The summed E-state index contributed by atoms with van der Waals surface area (Å²) >= 11 is 0. The minimum Gasteiger partial charge on any atom is -0.384 e. The Balaban J connectivity index is 1.98. The van der Waals surface area contributed by atoms with Crippen LogP contribution in [-0.4, -0.2) is 15.9 Å². The van der Waals surface area contributed by atoms with Crippen molar-refractivity contribution in [3.63, 3.8) is 0 Å². The van der Waals surface area contributed by atoms with Crippen molar-refractivity contribution in [2.45, 2.75) is 6.92 Å². The number of hydrogen-bond acceptors (Lipinski definition) is 4. The summed E-state index contributed by atoms with van der Waals surface area (Å²) in [7, 11) is 0. The predicted octanol–water partition coefficient (Wildman–Crippen LogP) is 2.77. The summed E-state index contributed by atoms with van der Waals surface area (Å²) in [6.07, 6.45) is 0. The Kier molecular flexibility index (Phi) is 3.23. The molecule has 2 heterocycles. The highest BCUT2D eigenvalue weighted by molar-refractivity contribution is 6.07. The number of nitrogen functional groups attached to an aromatic ring is 1. The number of nitrogens with one attached hydrogen (secondary N) is 1. The number of hydrogen-bond donors (Lipinski definition) is 2. The average molecular weight is 278 g/mol. The van der Waals surface area contributed by atoms with E-state index in [9.17, 15) is 4.79 Å². The van der Waals surface area contributed by atoms with Crippen LogP contribution in [0.1, 0.15) is 16.2 Å². The van der Waals surface area contributed by atoms with Gasteiger partial charge in [0, 0.05) is 11.1 Å². The summed E-state index contributed by atoms with van der Waals surface area (Å²) in [5, 5.41) is 3.81. The van der Waals surface area contributed by atoms with E-state index < -0.39 is 0 Å². The molecule has 0 saturated heterocycles. The molecular weight excluding hydrogens is 264 g/mol. The Morgan fingerprint density at radius 1 is 1.05 bits per heavy atom. The third-order valence-electron chi connectivity index (χ3n) is 3.11. The van der Waals surface area contributed by atoms with Crippen molar-refractivity contribution < 1.29 is 4.79 Å². The molecule has 0 aliphatic carbocycles.